The highest BCUT2D eigenvalue weighted by molar-refractivity contribution is 6.03. The second kappa shape index (κ2) is 11.5. The number of hydrogen-bond donors (Lipinski definition) is 2. The molecule has 40 heavy (non-hydrogen) atoms. The number of hydrogen-bond acceptors (Lipinski definition) is 7. The molecule has 0 atom stereocenters. The number of fused-ring (bicyclic) bond motifs is 1. The van der Waals surface area contributed by atoms with Crippen LogP contribution in [0.3, 0.4) is 0 Å². The van der Waals surface area contributed by atoms with E-state index in [-0.39, 0.29) is 31.4 Å². The van der Waals surface area contributed by atoms with Crippen molar-refractivity contribution in [2.45, 2.75) is 26.5 Å². The number of para-hydroxylation sites is 1. The summed E-state index contributed by atoms with van der Waals surface area (Å²) in [5.41, 5.74) is 11.6. The third kappa shape index (κ3) is 5.45. The summed E-state index contributed by atoms with van der Waals surface area (Å²) in [5.74, 6) is -1.33. The molecule has 2 heterocycles. The Balaban J connectivity index is 1.63. The van der Waals surface area contributed by atoms with Gasteiger partial charge in [0.2, 0.25) is 5.76 Å². The number of carbonyl (C=O) groups excluding carboxylic acids is 1. The Kier molecular flexibility index (Phi) is 7.65. The van der Waals surface area contributed by atoms with E-state index in [4.69, 9.17) is 19.6 Å². The van der Waals surface area contributed by atoms with E-state index in [1.54, 1.807) is 42.1 Å². The monoisotopic (exact) mass is 539 g/mol. The van der Waals surface area contributed by atoms with Crippen molar-refractivity contribution in [3.63, 3.8) is 0 Å². The molecule has 204 valence electrons. The minimum Gasteiger partial charge on any atom is -0.488 e. The lowest BCUT2D eigenvalue weighted by Gasteiger charge is -2.12. The van der Waals surface area contributed by atoms with Gasteiger partial charge in [0.05, 0.1) is 24.8 Å². The third-order valence-corrected chi connectivity index (χ3v) is 6.58. The van der Waals surface area contributed by atoms with Gasteiger partial charge in [0.25, 0.3) is 0 Å². The Morgan fingerprint density at radius 2 is 1.88 bits per heavy atom. The molecule has 0 aliphatic rings. The maximum atomic E-state index is 12.3. The smallest absolute Gasteiger partial charge is 0.372 e. The summed E-state index contributed by atoms with van der Waals surface area (Å²) in [4.78, 5) is 24.5. The van der Waals surface area contributed by atoms with Gasteiger partial charge in [0.1, 0.15) is 17.9 Å². The van der Waals surface area contributed by atoms with Crippen molar-refractivity contribution in [1.29, 1.82) is 0 Å². The number of carboxylic acid groups (broad SMARTS) is 1. The van der Waals surface area contributed by atoms with Gasteiger partial charge in [-0.15, -0.1) is 0 Å². The van der Waals surface area contributed by atoms with E-state index in [1.807, 2.05) is 49.6 Å². The van der Waals surface area contributed by atoms with E-state index in [0.717, 1.165) is 22.3 Å². The standard InChI is InChI=1S/C31H29N3O6/c1-3-38-28(35)14-21-8-4-5-10-27(21)39-18-26-25-13-22(20-9-6-7-19(11-20)15-32)12-24(23-16-33-34(2)17-23)29(25)40-30(26)31(36)37/h4-13,16-17H,3,14-15,18,32H2,1-2H3,(H,36,37). The van der Waals surface area contributed by atoms with Crippen LogP contribution in [-0.4, -0.2) is 33.4 Å². The van der Waals surface area contributed by atoms with Crippen LogP contribution in [0.2, 0.25) is 0 Å². The average Bonchev–Trinajstić information content (AvgIpc) is 3.55. The molecule has 0 fully saturated rings. The molecular formula is C31H29N3O6. The van der Waals surface area contributed by atoms with Crippen molar-refractivity contribution in [2.24, 2.45) is 12.8 Å². The quantitative estimate of drug-likeness (QED) is 0.228. The summed E-state index contributed by atoms with van der Waals surface area (Å²) in [6, 6.07) is 18.9. The first-order chi connectivity index (χ1) is 19.4. The molecule has 0 aliphatic heterocycles. The number of aryl methyl sites for hydroxylation is 1. The molecule has 5 rings (SSSR count). The van der Waals surface area contributed by atoms with Gasteiger partial charge in [-0.05, 0) is 47.9 Å². The molecule has 3 aromatic carbocycles. The minimum absolute atomic E-state index is 0.0364. The van der Waals surface area contributed by atoms with E-state index in [2.05, 4.69) is 5.10 Å². The Hall–Kier alpha value is -4.89. The summed E-state index contributed by atoms with van der Waals surface area (Å²) >= 11 is 0. The Labute approximate surface area is 230 Å². The van der Waals surface area contributed by atoms with Crippen LogP contribution >= 0.6 is 0 Å². The van der Waals surface area contributed by atoms with Gasteiger partial charge in [0.15, 0.2) is 0 Å². The number of nitrogens with two attached hydrogens (primary N) is 1. The summed E-state index contributed by atoms with van der Waals surface area (Å²) in [5, 5.41) is 15.0. The number of carbonyl (C=O) groups is 2. The highest BCUT2D eigenvalue weighted by Gasteiger charge is 2.25. The molecule has 0 spiro atoms. The normalized spacial score (nSPS) is 11.1. The summed E-state index contributed by atoms with van der Waals surface area (Å²) in [6.07, 6.45) is 3.59. The summed E-state index contributed by atoms with van der Waals surface area (Å²) in [6.45, 7) is 2.33. The van der Waals surface area contributed by atoms with Crippen LogP contribution in [0.1, 0.15) is 34.2 Å². The molecule has 0 radical (unpaired) electrons. The first-order valence-electron chi connectivity index (χ1n) is 12.8. The molecule has 0 bridgehead atoms. The number of carboxylic acids is 1. The Bertz CT molecular complexity index is 1700. The van der Waals surface area contributed by atoms with E-state index in [1.165, 1.54) is 0 Å². The fourth-order valence-electron chi connectivity index (χ4n) is 4.69. The number of nitrogens with zero attached hydrogens (tertiary/aromatic N) is 2. The van der Waals surface area contributed by atoms with Crippen LogP contribution in [0, 0.1) is 0 Å². The maximum absolute atomic E-state index is 12.3. The number of aromatic carboxylic acids is 1. The summed E-state index contributed by atoms with van der Waals surface area (Å²) < 4.78 is 18.9. The zero-order valence-electron chi connectivity index (χ0n) is 22.2. The largest absolute Gasteiger partial charge is 0.488 e. The molecule has 9 heteroatoms. The minimum atomic E-state index is -1.21. The number of rotatable bonds is 10. The van der Waals surface area contributed by atoms with Gasteiger partial charge in [-0.2, -0.15) is 5.10 Å². The van der Waals surface area contributed by atoms with Gasteiger partial charge in [-0.3, -0.25) is 9.48 Å². The van der Waals surface area contributed by atoms with Gasteiger partial charge < -0.3 is 24.7 Å². The molecule has 0 saturated carbocycles. The van der Waals surface area contributed by atoms with Crippen molar-refractivity contribution in [2.75, 3.05) is 6.61 Å². The molecule has 9 nitrogen and oxygen atoms in total. The predicted octanol–water partition coefficient (Wildman–Crippen LogP) is 5.34. The fraction of sp³-hybridized carbons (Fsp3) is 0.194. The second-order valence-electron chi connectivity index (χ2n) is 9.30. The summed E-state index contributed by atoms with van der Waals surface area (Å²) in [7, 11) is 1.81. The average molecular weight is 540 g/mol. The SMILES string of the molecule is CCOC(=O)Cc1ccccc1OCc1c(C(=O)O)oc2c(-c3cnn(C)c3)cc(-c3cccc(CN)c3)cc12. The molecule has 0 unspecified atom stereocenters. The molecule has 0 amide bonds. The zero-order chi connectivity index (χ0) is 28.2. The number of esters is 1. The van der Waals surface area contributed by atoms with Crippen molar-refractivity contribution < 1.29 is 28.6 Å². The molecule has 2 aromatic heterocycles. The number of ether oxygens (including phenoxy) is 2. The van der Waals surface area contributed by atoms with E-state index >= 15 is 0 Å². The van der Waals surface area contributed by atoms with Gasteiger partial charge in [-0.25, -0.2) is 4.79 Å². The molecule has 5 aromatic rings. The molecule has 0 saturated heterocycles. The van der Waals surface area contributed by atoms with Crippen LogP contribution in [-0.2, 0) is 36.2 Å². The first-order valence-corrected chi connectivity index (χ1v) is 12.8. The highest BCUT2D eigenvalue weighted by atomic mass is 16.5. The molecule has 3 N–H and O–H groups in total. The number of benzene rings is 3. The maximum Gasteiger partial charge on any atom is 0.372 e. The lowest BCUT2D eigenvalue weighted by molar-refractivity contribution is -0.142. The van der Waals surface area contributed by atoms with Gasteiger partial charge in [0, 0.05) is 41.9 Å². The van der Waals surface area contributed by atoms with E-state index < -0.39 is 5.97 Å². The van der Waals surface area contributed by atoms with Crippen LogP contribution < -0.4 is 10.5 Å². The van der Waals surface area contributed by atoms with E-state index in [9.17, 15) is 14.7 Å². The van der Waals surface area contributed by atoms with Crippen LogP contribution in [0.25, 0.3) is 33.2 Å². The number of furan rings is 1. The van der Waals surface area contributed by atoms with Crippen molar-refractivity contribution in [1.82, 2.24) is 9.78 Å². The lowest BCUT2D eigenvalue weighted by atomic mass is 9.95. The van der Waals surface area contributed by atoms with Crippen molar-refractivity contribution in [3.8, 4) is 28.0 Å². The van der Waals surface area contributed by atoms with Crippen LogP contribution in [0.5, 0.6) is 5.75 Å². The van der Waals surface area contributed by atoms with Crippen molar-refractivity contribution >= 4 is 22.9 Å². The van der Waals surface area contributed by atoms with Gasteiger partial charge in [-0.1, -0.05) is 36.4 Å². The van der Waals surface area contributed by atoms with Crippen LogP contribution in [0.4, 0.5) is 0 Å². The number of aromatic nitrogens is 2. The third-order valence-electron chi connectivity index (χ3n) is 6.58. The molecule has 0 aliphatic carbocycles. The van der Waals surface area contributed by atoms with Gasteiger partial charge >= 0.3 is 11.9 Å². The Morgan fingerprint density at radius 3 is 2.60 bits per heavy atom. The molecular weight excluding hydrogens is 510 g/mol. The zero-order valence-corrected chi connectivity index (χ0v) is 22.2. The van der Waals surface area contributed by atoms with E-state index in [0.29, 0.717) is 40.0 Å². The lowest BCUT2D eigenvalue weighted by Crippen LogP contribution is -2.09. The first kappa shape index (κ1) is 26.7. The fourth-order valence-corrected chi connectivity index (χ4v) is 4.69. The van der Waals surface area contributed by atoms with Crippen LogP contribution in [0.15, 0.2) is 77.5 Å². The second-order valence-corrected chi connectivity index (χ2v) is 9.30. The highest BCUT2D eigenvalue weighted by Crippen LogP contribution is 2.39. The predicted molar refractivity (Wildman–Crippen MR) is 150 cm³/mol. The Morgan fingerprint density at radius 1 is 1.05 bits per heavy atom. The van der Waals surface area contributed by atoms with Crippen molar-refractivity contribution in [3.05, 3.63) is 95.5 Å². The topological polar surface area (TPSA) is 130 Å².